The molecule has 0 amide bonds. The molecule has 0 saturated heterocycles. The molecule has 0 nitrogen and oxygen atoms in total. The van der Waals surface area contributed by atoms with Crippen molar-refractivity contribution in [2.75, 3.05) is 0 Å². The maximum atomic E-state index is 3.73. The fraction of sp³-hybridized carbons (Fsp3) is 0.172. The van der Waals surface area contributed by atoms with Crippen LogP contribution in [-0.2, 0) is 11.8 Å². The fourth-order valence-electron chi connectivity index (χ4n) is 5.15. The summed E-state index contributed by atoms with van der Waals surface area (Å²) in [5.41, 5.74) is 9.14. The lowest BCUT2D eigenvalue weighted by Gasteiger charge is -2.34. The highest BCUT2D eigenvalue weighted by atomic mass is 79.9. The summed E-state index contributed by atoms with van der Waals surface area (Å²) in [5, 5.41) is 0. The van der Waals surface area contributed by atoms with Gasteiger partial charge in [0.2, 0.25) is 0 Å². The summed E-state index contributed by atoms with van der Waals surface area (Å²) in [6.45, 7) is 4.58. The molecule has 1 aliphatic rings. The van der Waals surface area contributed by atoms with Gasteiger partial charge >= 0.3 is 0 Å². The van der Waals surface area contributed by atoms with Crippen LogP contribution >= 0.6 is 15.9 Å². The van der Waals surface area contributed by atoms with E-state index in [-0.39, 0.29) is 5.41 Å². The van der Waals surface area contributed by atoms with E-state index >= 15 is 0 Å². The van der Waals surface area contributed by atoms with E-state index in [2.05, 4.69) is 127 Å². The summed E-state index contributed by atoms with van der Waals surface area (Å²) >= 11 is 3.73. The summed E-state index contributed by atoms with van der Waals surface area (Å²) in [4.78, 5) is 0. The molecule has 0 spiro atoms. The van der Waals surface area contributed by atoms with Crippen LogP contribution in [0.4, 0.5) is 0 Å². The van der Waals surface area contributed by atoms with Crippen LogP contribution in [-0.4, -0.2) is 0 Å². The average Bonchev–Trinajstić information content (AvgIpc) is 3.05. The van der Waals surface area contributed by atoms with Crippen molar-refractivity contribution in [2.45, 2.75) is 25.7 Å². The number of fused-ring (bicyclic) bond motifs is 3. The van der Waals surface area contributed by atoms with Gasteiger partial charge in [-0.05, 0) is 63.4 Å². The van der Waals surface area contributed by atoms with Gasteiger partial charge in [-0.25, -0.2) is 0 Å². The third kappa shape index (κ3) is 2.96. The summed E-state index contributed by atoms with van der Waals surface area (Å²) in [7, 11) is 0. The van der Waals surface area contributed by atoms with Crippen molar-refractivity contribution in [3.63, 3.8) is 0 Å². The Bertz CT molecular complexity index is 1170. The molecule has 0 saturated carbocycles. The van der Waals surface area contributed by atoms with Crippen molar-refractivity contribution in [2.24, 2.45) is 5.92 Å². The highest BCUT2D eigenvalue weighted by molar-refractivity contribution is 9.10. The Balaban J connectivity index is 1.89. The molecule has 0 aromatic heterocycles. The van der Waals surface area contributed by atoms with E-state index < -0.39 is 0 Å². The minimum absolute atomic E-state index is 0.316. The molecular weight excluding hydrogens is 428 g/mol. The second kappa shape index (κ2) is 7.56. The predicted molar refractivity (Wildman–Crippen MR) is 130 cm³/mol. The highest BCUT2D eigenvalue weighted by Gasteiger charge is 2.45. The number of hydrogen-bond donors (Lipinski definition) is 0. The highest BCUT2D eigenvalue weighted by Crippen LogP contribution is 2.56. The van der Waals surface area contributed by atoms with Crippen LogP contribution < -0.4 is 0 Å². The first-order valence-corrected chi connectivity index (χ1v) is 11.4. The SMILES string of the molecule is CC(C)Cc1cccc(C2(c3cccc(Br)c3)c3ccccc3-c3ccccc32)c1. The van der Waals surface area contributed by atoms with E-state index in [1.54, 1.807) is 0 Å². The minimum atomic E-state index is -0.316. The van der Waals surface area contributed by atoms with Crippen LogP contribution in [0.5, 0.6) is 0 Å². The molecule has 0 aliphatic heterocycles. The predicted octanol–water partition coefficient (Wildman–Crippen LogP) is 8.01. The molecule has 0 bridgehead atoms. The second-order valence-corrected chi connectivity index (χ2v) is 9.57. The molecule has 0 unspecified atom stereocenters. The largest absolute Gasteiger partial charge is 0.0714 e. The van der Waals surface area contributed by atoms with Crippen LogP contribution in [0.15, 0.2) is 102 Å². The van der Waals surface area contributed by atoms with E-state index in [0.29, 0.717) is 5.92 Å². The third-order valence-electron chi connectivity index (χ3n) is 6.21. The molecule has 0 heterocycles. The maximum Gasteiger partial charge on any atom is 0.0714 e. The molecule has 148 valence electrons. The summed E-state index contributed by atoms with van der Waals surface area (Å²) in [6.07, 6.45) is 1.09. The van der Waals surface area contributed by atoms with Crippen LogP contribution in [0.3, 0.4) is 0 Å². The zero-order valence-corrected chi connectivity index (χ0v) is 19.0. The molecule has 0 N–H and O–H groups in total. The Morgan fingerprint density at radius 1 is 0.667 bits per heavy atom. The van der Waals surface area contributed by atoms with Crippen molar-refractivity contribution in [3.8, 4) is 11.1 Å². The van der Waals surface area contributed by atoms with Crippen molar-refractivity contribution >= 4 is 15.9 Å². The summed E-state index contributed by atoms with van der Waals surface area (Å²) in [6, 6.07) is 35.9. The Morgan fingerprint density at radius 2 is 1.23 bits per heavy atom. The monoisotopic (exact) mass is 452 g/mol. The number of hydrogen-bond acceptors (Lipinski definition) is 0. The number of benzene rings is 4. The molecule has 4 aromatic carbocycles. The zero-order chi connectivity index (χ0) is 20.7. The van der Waals surface area contributed by atoms with Crippen molar-refractivity contribution in [3.05, 3.63) is 129 Å². The molecule has 30 heavy (non-hydrogen) atoms. The quantitative estimate of drug-likeness (QED) is 0.259. The van der Waals surface area contributed by atoms with Crippen molar-refractivity contribution in [1.29, 1.82) is 0 Å². The molecule has 1 heteroatoms. The van der Waals surface area contributed by atoms with Gasteiger partial charge in [-0.15, -0.1) is 0 Å². The van der Waals surface area contributed by atoms with Gasteiger partial charge in [0.25, 0.3) is 0 Å². The first kappa shape index (κ1) is 19.3. The van der Waals surface area contributed by atoms with Crippen LogP contribution in [0.25, 0.3) is 11.1 Å². The number of halogens is 1. The molecule has 1 aliphatic carbocycles. The minimum Gasteiger partial charge on any atom is -0.0625 e. The van der Waals surface area contributed by atoms with Gasteiger partial charge in [-0.1, -0.05) is 115 Å². The molecule has 0 fully saturated rings. The normalized spacial score (nSPS) is 13.9. The smallest absolute Gasteiger partial charge is 0.0625 e. The molecule has 0 radical (unpaired) electrons. The lowest BCUT2D eigenvalue weighted by molar-refractivity contribution is 0.645. The Hall–Kier alpha value is -2.64. The fourth-order valence-corrected chi connectivity index (χ4v) is 5.55. The molecule has 0 atom stereocenters. The van der Waals surface area contributed by atoms with E-state index in [0.717, 1.165) is 10.9 Å². The Morgan fingerprint density at radius 3 is 1.83 bits per heavy atom. The van der Waals surface area contributed by atoms with E-state index in [1.165, 1.54) is 38.9 Å². The Labute approximate surface area is 187 Å². The summed E-state index contributed by atoms with van der Waals surface area (Å²) in [5.74, 6) is 0.630. The Kier molecular flexibility index (Phi) is 4.87. The van der Waals surface area contributed by atoms with Gasteiger partial charge < -0.3 is 0 Å². The molecular formula is C29H25Br. The molecule has 5 rings (SSSR count). The first-order valence-electron chi connectivity index (χ1n) is 10.7. The van der Waals surface area contributed by atoms with Gasteiger partial charge in [0.15, 0.2) is 0 Å². The van der Waals surface area contributed by atoms with Gasteiger partial charge in [-0.3, -0.25) is 0 Å². The second-order valence-electron chi connectivity index (χ2n) is 8.65. The van der Waals surface area contributed by atoms with Gasteiger partial charge in [0.05, 0.1) is 5.41 Å². The molecule has 4 aromatic rings. The lowest BCUT2D eigenvalue weighted by Crippen LogP contribution is -2.28. The third-order valence-corrected chi connectivity index (χ3v) is 6.71. The lowest BCUT2D eigenvalue weighted by atomic mass is 9.67. The van der Waals surface area contributed by atoms with Crippen molar-refractivity contribution < 1.29 is 0 Å². The first-order chi connectivity index (χ1) is 14.6. The van der Waals surface area contributed by atoms with E-state index in [9.17, 15) is 0 Å². The van der Waals surface area contributed by atoms with Crippen LogP contribution in [0.2, 0.25) is 0 Å². The van der Waals surface area contributed by atoms with E-state index in [4.69, 9.17) is 0 Å². The van der Waals surface area contributed by atoms with Gasteiger partial charge in [0, 0.05) is 4.47 Å². The zero-order valence-electron chi connectivity index (χ0n) is 17.4. The average molecular weight is 453 g/mol. The van der Waals surface area contributed by atoms with Crippen LogP contribution in [0, 0.1) is 5.92 Å². The summed E-state index contributed by atoms with van der Waals surface area (Å²) < 4.78 is 1.11. The van der Waals surface area contributed by atoms with Crippen molar-refractivity contribution in [1.82, 2.24) is 0 Å². The topological polar surface area (TPSA) is 0 Å². The van der Waals surface area contributed by atoms with Gasteiger partial charge in [-0.2, -0.15) is 0 Å². The van der Waals surface area contributed by atoms with E-state index in [1.807, 2.05) is 0 Å². The number of rotatable bonds is 4. The maximum absolute atomic E-state index is 3.73. The standard InChI is InChI=1S/C29H25Br/c1-20(2)17-21-9-7-10-22(18-21)29(23-11-8-12-24(30)19-23)27-15-5-3-13-25(27)26-14-4-6-16-28(26)29/h3-16,18-20H,17H2,1-2H3. The van der Waals surface area contributed by atoms with Crippen LogP contribution in [0.1, 0.15) is 41.7 Å². The van der Waals surface area contributed by atoms with Gasteiger partial charge in [0.1, 0.15) is 0 Å².